The standard InChI is InChI=1S/C8H13N3O2S/c1-2-3-4-14(12,13)7-5-10-8(9)11-6-7/h5-6H,2-4H2,1H3,(H2,9,10,11). The van der Waals surface area contributed by atoms with Gasteiger partial charge in [-0.25, -0.2) is 18.4 Å². The molecule has 1 aromatic rings. The van der Waals surface area contributed by atoms with E-state index in [2.05, 4.69) is 9.97 Å². The third-order valence-corrected chi connectivity index (χ3v) is 3.53. The molecule has 5 nitrogen and oxygen atoms in total. The van der Waals surface area contributed by atoms with E-state index < -0.39 is 9.84 Å². The van der Waals surface area contributed by atoms with Crippen molar-refractivity contribution in [2.75, 3.05) is 11.5 Å². The van der Waals surface area contributed by atoms with Gasteiger partial charge in [-0.05, 0) is 6.42 Å². The molecule has 0 aliphatic heterocycles. The molecule has 0 aliphatic carbocycles. The van der Waals surface area contributed by atoms with E-state index in [9.17, 15) is 8.42 Å². The van der Waals surface area contributed by atoms with Crippen molar-refractivity contribution in [3.8, 4) is 0 Å². The zero-order valence-corrected chi connectivity index (χ0v) is 8.79. The summed E-state index contributed by atoms with van der Waals surface area (Å²) in [6, 6.07) is 0. The molecule has 0 aliphatic rings. The Morgan fingerprint density at radius 1 is 1.36 bits per heavy atom. The molecule has 6 heteroatoms. The number of nitrogen functional groups attached to an aromatic ring is 1. The van der Waals surface area contributed by atoms with E-state index in [0.717, 1.165) is 6.42 Å². The van der Waals surface area contributed by atoms with Gasteiger partial charge in [0, 0.05) is 0 Å². The molecule has 0 spiro atoms. The van der Waals surface area contributed by atoms with Crippen LogP contribution in [-0.4, -0.2) is 24.1 Å². The number of nitrogens with two attached hydrogens (primary N) is 1. The second-order valence-corrected chi connectivity index (χ2v) is 5.06. The number of anilines is 1. The Bertz CT molecular complexity index is 386. The van der Waals surface area contributed by atoms with Gasteiger partial charge in [-0.2, -0.15) is 0 Å². The van der Waals surface area contributed by atoms with E-state index in [0.29, 0.717) is 6.42 Å². The highest BCUT2D eigenvalue weighted by Gasteiger charge is 2.14. The van der Waals surface area contributed by atoms with Crippen molar-refractivity contribution in [3.63, 3.8) is 0 Å². The lowest BCUT2D eigenvalue weighted by molar-refractivity contribution is 0.592. The average molecular weight is 215 g/mol. The predicted molar refractivity (Wildman–Crippen MR) is 53.4 cm³/mol. The van der Waals surface area contributed by atoms with Gasteiger partial charge in [-0.15, -0.1) is 0 Å². The van der Waals surface area contributed by atoms with Crippen LogP contribution in [0, 0.1) is 0 Å². The zero-order chi connectivity index (χ0) is 10.6. The average Bonchev–Trinajstić information content (AvgIpc) is 2.16. The predicted octanol–water partition coefficient (Wildman–Crippen LogP) is 0.633. The van der Waals surface area contributed by atoms with E-state index in [1.165, 1.54) is 12.4 Å². The third-order valence-electron chi connectivity index (χ3n) is 1.77. The van der Waals surface area contributed by atoms with Crippen LogP contribution in [0.4, 0.5) is 5.95 Å². The Labute approximate surface area is 83.3 Å². The van der Waals surface area contributed by atoms with Crippen molar-refractivity contribution in [1.82, 2.24) is 9.97 Å². The summed E-state index contributed by atoms with van der Waals surface area (Å²) in [6.45, 7) is 1.94. The number of sulfone groups is 1. The minimum absolute atomic E-state index is 0.0828. The number of rotatable bonds is 4. The van der Waals surface area contributed by atoms with Crippen LogP contribution in [0.25, 0.3) is 0 Å². The van der Waals surface area contributed by atoms with E-state index in [-0.39, 0.29) is 16.6 Å². The lowest BCUT2D eigenvalue weighted by atomic mass is 10.4. The Balaban J connectivity index is 2.87. The molecule has 0 aromatic carbocycles. The monoisotopic (exact) mass is 215 g/mol. The Morgan fingerprint density at radius 2 is 1.93 bits per heavy atom. The highest BCUT2D eigenvalue weighted by molar-refractivity contribution is 7.91. The highest BCUT2D eigenvalue weighted by atomic mass is 32.2. The number of hydrogen-bond acceptors (Lipinski definition) is 5. The molecule has 2 N–H and O–H groups in total. The molecule has 0 unspecified atom stereocenters. The quantitative estimate of drug-likeness (QED) is 0.796. The maximum atomic E-state index is 11.6. The summed E-state index contributed by atoms with van der Waals surface area (Å²) in [5.74, 6) is 0.219. The third kappa shape index (κ3) is 2.66. The van der Waals surface area contributed by atoms with Crippen LogP contribution in [0.1, 0.15) is 19.8 Å². The smallest absolute Gasteiger partial charge is 0.219 e. The maximum absolute atomic E-state index is 11.6. The molecule has 0 saturated heterocycles. The molecule has 78 valence electrons. The summed E-state index contributed by atoms with van der Waals surface area (Å²) in [4.78, 5) is 7.42. The van der Waals surface area contributed by atoms with Gasteiger partial charge < -0.3 is 5.73 Å². The molecule has 1 aromatic heterocycles. The molecule has 0 bridgehead atoms. The van der Waals surface area contributed by atoms with Crippen LogP contribution in [0.2, 0.25) is 0 Å². The maximum Gasteiger partial charge on any atom is 0.219 e. The van der Waals surface area contributed by atoms with Gasteiger partial charge in [0.25, 0.3) is 0 Å². The van der Waals surface area contributed by atoms with Crippen molar-refractivity contribution in [2.45, 2.75) is 24.7 Å². The summed E-state index contributed by atoms with van der Waals surface area (Å²) in [5.41, 5.74) is 5.25. The second-order valence-electron chi connectivity index (χ2n) is 2.95. The van der Waals surface area contributed by atoms with E-state index >= 15 is 0 Å². The van der Waals surface area contributed by atoms with Crippen LogP contribution in [0.15, 0.2) is 17.3 Å². The van der Waals surface area contributed by atoms with E-state index in [4.69, 9.17) is 5.73 Å². The van der Waals surface area contributed by atoms with Crippen LogP contribution >= 0.6 is 0 Å². The minimum Gasteiger partial charge on any atom is -0.368 e. The summed E-state index contributed by atoms with van der Waals surface area (Å²) in [6.07, 6.45) is 3.97. The van der Waals surface area contributed by atoms with Gasteiger partial charge in [0.05, 0.1) is 18.1 Å². The summed E-state index contributed by atoms with van der Waals surface area (Å²) in [5, 5.41) is 0. The van der Waals surface area contributed by atoms with Crippen molar-refractivity contribution in [2.24, 2.45) is 0 Å². The van der Waals surface area contributed by atoms with Gasteiger partial charge in [0.15, 0.2) is 9.84 Å². The normalized spacial score (nSPS) is 11.5. The summed E-state index contributed by atoms with van der Waals surface area (Å²) < 4.78 is 23.2. The van der Waals surface area contributed by atoms with Crippen LogP contribution in [0.3, 0.4) is 0 Å². The van der Waals surface area contributed by atoms with Gasteiger partial charge in [0.2, 0.25) is 5.95 Å². The topological polar surface area (TPSA) is 85.9 Å². The fourth-order valence-corrected chi connectivity index (χ4v) is 2.27. The number of unbranched alkanes of at least 4 members (excludes halogenated alkanes) is 1. The van der Waals surface area contributed by atoms with Gasteiger partial charge in [-0.3, -0.25) is 0 Å². The van der Waals surface area contributed by atoms with Crippen LogP contribution < -0.4 is 5.73 Å². The molecule has 0 fully saturated rings. The van der Waals surface area contributed by atoms with Crippen molar-refractivity contribution in [1.29, 1.82) is 0 Å². The molecular weight excluding hydrogens is 202 g/mol. The molecule has 0 saturated carbocycles. The highest BCUT2D eigenvalue weighted by Crippen LogP contribution is 2.10. The summed E-state index contributed by atoms with van der Waals surface area (Å²) in [7, 11) is -3.22. The minimum atomic E-state index is -3.22. The first-order valence-corrected chi connectivity index (χ1v) is 6.02. The first-order chi connectivity index (χ1) is 6.56. The van der Waals surface area contributed by atoms with E-state index in [1.54, 1.807) is 0 Å². The van der Waals surface area contributed by atoms with Gasteiger partial charge >= 0.3 is 0 Å². The molecule has 14 heavy (non-hydrogen) atoms. The second kappa shape index (κ2) is 4.36. The molecule has 1 heterocycles. The first kappa shape index (κ1) is 10.9. The molecule has 0 amide bonds. The van der Waals surface area contributed by atoms with Crippen molar-refractivity contribution >= 4 is 15.8 Å². The fraction of sp³-hybridized carbons (Fsp3) is 0.500. The number of nitrogens with zero attached hydrogens (tertiary/aromatic N) is 2. The number of hydrogen-bond donors (Lipinski definition) is 1. The summed E-state index contributed by atoms with van der Waals surface area (Å²) >= 11 is 0. The van der Waals surface area contributed by atoms with Gasteiger partial charge in [0.1, 0.15) is 4.90 Å². The first-order valence-electron chi connectivity index (χ1n) is 4.36. The van der Waals surface area contributed by atoms with Crippen molar-refractivity contribution in [3.05, 3.63) is 12.4 Å². The Kier molecular flexibility index (Phi) is 3.40. The Hall–Kier alpha value is -1.17. The Morgan fingerprint density at radius 3 is 2.43 bits per heavy atom. The zero-order valence-electron chi connectivity index (χ0n) is 7.97. The van der Waals surface area contributed by atoms with Crippen molar-refractivity contribution < 1.29 is 8.42 Å². The lowest BCUT2D eigenvalue weighted by Crippen LogP contribution is -2.08. The van der Waals surface area contributed by atoms with Crippen LogP contribution in [0.5, 0.6) is 0 Å². The molecular formula is C8H13N3O2S. The SMILES string of the molecule is CCCCS(=O)(=O)c1cnc(N)nc1. The van der Waals surface area contributed by atoms with E-state index in [1.807, 2.05) is 6.92 Å². The largest absolute Gasteiger partial charge is 0.368 e. The molecule has 1 rings (SSSR count). The fourth-order valence-electron chi connectivity index (χ4n) is 0.939. The number of aromatic nitrogens is 2. The molecule has 0 radical (unpaired) electrons. The van der Waals surface area contributed by atoms with Gasteiger partial charge in [-0.1, -0.05) is 13.3 Å². The van der Waals surface area contributed by atoms with Crippen LogP contribution in [-0.2, 0) is 9.84 Å². The lowest BCUT2D eigenvalue weighted by Gasteiger charge is -2.01. The molecule has 0 atom stereocenters.